The minimum absolute atomic E-state index is 0.116. The summed E-state index contributed by atoms with van der Waals surface area (Å²) in [7, 11) is 0. The van der Waals surface area contributed by atoms with Gasteiger partial charge in [0, 0.05) is 17.5 Å². The summed E-state index contributed by atoms with van der Waals surface area (Å²) in [5, 5.41) is 13.0. The molecule has 0 atom stereocenters. The van der Waals surface area contributed by atoms with Gasteiger partial charge in [-0.2, -0.15) is 5.10 Å². The molecule has 86 valence electrons. The maximum absolute atomic E-state index is 8.73. The van der Waals surface area contributed by atoms with Gasteiger partial charge in [-0.25, -0.2) is 0 Å². The van der Waals surface area contributed by atoms with Gasteiger partial charge in [0.1, 0.15) is 6.61 Å². The Labute approximate surface area is 101 Å². The molecule has 2 aromatic rings. The summed E-state index contributed by atoms with van der Waals surface area (Å²) < 4.78 is 1.93. The lowest BCUT2D eigenvalue weighted by Gasteiger charge is -2.06. The predicted molar refractivity (Wildman–Crippen MR) is 66.5 cm³/mol. The molecule has 3 nitrogen and oxygen atoms in total. The van der Waals surface area contributed by atoms with Gasteiger partial charge >= 0.3 is 0 Å². The summed E-state index contributed by atoms with van der Waals surface area (Å²) >= 11 is 0. The number of benzene rings is 1. The van der Waals surface area contributed by atoms with Crippen molar-refractivity contribution >= 4 is 0 Å². The zero-order valence-corrected chi connectivity index (χ0v) is 9.72. The van der Waals surface area contributed by atoms with E-state index in [0.717, 1.165) is 16.8 Å². The Morgan fingerprint density at radius 3 is 2.82 bits per heavy atom. The van der Waals surface area contributed by atoms with Gasteiger partial charge in [0.15, 0.2) is 0 Å². The summed E-state index contributed by atoms with van der Waals surface area (Å²) in [6.07, 6.45) is 1.79. The molecule has 0 fully saturated rings. The first kappa shape index (κ1) is 11.4. The molecule has 3 heteroatoms. The summed E-state index contributed by atoms with van der Waals surface area (Å²) in [5.41, 5.74) is 3.17. The lowest BCUT2D eigenvalue weighted by molar-refractivity contribution is 0.350. The predicted octanol–water partition coefficient (Wildman–Crippen LogP) is 1.58. The molecule has 1 aromatic carbocycles. The SMILES string of the molecule is Cc1ccnn1Cc1ccccc1C#CCO. The normalized spacial score (nSPS) is 9.76. The van der Waals surface area contributed by atoms with E-state index in [1.54, 1.807) is 6.20 Å². The Kier molecular flexibility index (Phi) is 3.59. The molecular weight excluding hydrogens is 212 g/mol. The number of nitrogens with zero attached hydrogens (tertiary/aromatic N) is 2. The Bertz CT molecular complexity index is 561. The van der Waals surface area contributed by atoms with E-state index < -0.39 is 0 Å². The third-order valence-corrected chi connectivity index (χ3v) is 2.57. The molecule has 0 spiro atoms. The second kappa shape index (κ2) is 5.33. The molecule has 0 aliphatic heterocycles. The quantitative estimate of drug-likeness (QED) is 0.790. The Balaban J connectivity index is 2.30. The summed E-state index contributed by atoms with van der Waals surface area (Å²) in [6.45, 7) is 2.61. The van der Waals surface area contributed by atoms with Crippen molar-refractivity contribution in [2.75, 3.05) is 6.61 Å². The van der Waals surface area contributed by atoms with Crippen LogP contribution in [0.3, 0.4) is 0 Å². The van der Waals surface area contributed by atoms with Crippen molar-refractivity contribution < 1.29 is 5.11 Å². The summed E-state index contributed by atoms with van der Waals surface area (Å²) in [4.78, 5) is 0. The Morgan fingerprint density at radius 1 is 1.29 bits per heavy atom. The van der Waals surface area contributed by atoms with Crippen molar-refractivity contribution in [3.63, 3.8) is 0 Å². The van der Waals surface area contributed by atoms with Gasteiger partial charge in [0.25, 0.3) is 0 Å². The smallest absolute Gasteiger partial charge is 0.104 e. The molecule has 1 N–H and O–H groups in total. The molecule has 0 saturated carbocycles. The van der Waals surface area contributed by atoms with E-state index in [0.29, 0.717) is 6.54 Å². The fraction of sp³-hybridized carbons (Fsp3) is 0.214. The zero-order chi connectivity index (χ0) is 12.1. The van der Waals surface area contributed by atoms with Gasteiger partial charge in [-0.05, 0) is 24.6 Å². The van der Waals surface area contributed by atoms with Crippen LogP contribution in [0.25, 0.3) is 0 Å². The average Bonchev–Trinajstić information content (AvgIpc) is 2.74. The minimum Gasteiger partial charge on any atom is -0.384 e. The molecule has 0 saturated heterocycles. The van der Waals surface area contributed by atoms with Crippen molar-refractivity contribution in [2.24, 2.45) is 0 Å². The van der Waals surface area contributed by atoms with Gasteiger partial charge in [-0.15, -0.1) is 0 Å². The van der Waals surface area contributed by atoms with Crippen LogP contribution in [0.1, 0.15) is 16.8 Å². The molecule has 2 rings (SSSR count). The summed E-state index contributed by atoms with van der Waals surface area (Å²) in [6, 6.07) is 9.89. The number of aryl methyl sites for hydroxylation is 1. The third-order valence-electron chi connectivity index (χ3n) is 2.57. The van der Waals surface area contributed by atoms with E-state index in [1.807, 2.05) is 41.9 Å². The van der Waals surface area contributed by atoms with Gasteiger partial charge in [0.05, 0.1) is 6.54 Å². The van der Waals surface area contributed by atoms with Gasteiger partial charge in [-0.1, -0.05) is 30.0 Å². The standard InChI is InChI=1S/C14H14N2O/c1-12-8-9-15-16(12)11-14-6-3-2-5-13(14)7-4-10-17/h2-3,5-6,8-9,17H,10-11H2,1H3. The molecule has 0 aliphatic carbocycles. The van der Waals surface area contributed by atoms with Crippen LogP contribution in [-0.4, -0.2) is 21.5 Å². The van der Waals surface area contributed by atoms with Crippen molar-refractivity contribution in [3.8, 4) is 11.8 Å². The maximum atomic E-state index is 8.73. The molecule has 17 heavy (non-hydrogen) atoms. The number of hydrogen-bond donors (Lipinski definition) is 1. The van der Waals surface area contributed by atoms with E-state index in [1.165, 1.54) is 0 Å². The van der Waals surface area contributed by atoms with Crippen LogP contribution < -0.4 is 0 Å². The molecule has 0 unspecified atom stereocenters. The van der Waals surface area contributed by atoms with Crippen LogP contribution in [-0.2, 0) is 6.54 Å². The monoisotopic (exact) mass is 226 g/mol. The Hall–Kier alpha value is -2.05. The number of hydrogen-bond acceptors (Lipinski definition) is 2. The molecular formula is C14H14N2O. The highest BCUT2D eigenvalue weighted by Crippen LogP contribution is 2.10. The summed E-state index contributed by atoms with van der Waals surface area (Å²) in [5.74, 6) is 5.63. The second-order valence-electron chi connectivity index (χ2n) is 3.75. The van der Waals surface area contributed by atoms with Crippen molar-refractivity contribution in [1.29, 1.82) is 0 Å². The van der Waals surface area contributed by atoms with Crippen molar-refractivity contribution in [2.45, 2.75) is 13.5 Å². The van der Waals surface area contributed by atoms with Gasteiger partial charge in [-0.3, -0.25) is 4.68 Å². The molecule has 1 heterocycles. The molecule has 0 amide bonds. The maximum Gasteiger partial charge on any atom is 0.104 e. The first-order valence-electron chi connectivity index (χ1n) is 5.47. The fourth-order valence-electron chi connectivity index (χ4n) is 1.64. The first-order chi connectivity index (χ1) is 8.31. The highest BCUT2D eigenvalue weighted by atomic mass is 16.2. The topological polar surface area (TPSA) is 38.0 Å². The van der Waals surface area contributed by atoms with Crippen LogP contribution in [0.5, 0.6) is 0 Å². The highest BCUT2D eigenvalue weighted by Gasteiger charge is 2.02. The molecule has 1 aromatic heterocycles. The fourth-order valence-corrected chi connectivity index (χ4v) is 1.64. The van der Waals surface area contributed by atoms with Crippen LogP contribution >= 0.6 is 0 Å². The van der Waals surface area contributed by atoms with Crippen LogP contribution in [0.2, 0.25) is 0 Å². The van der Waals surface area contributed by atoms with E-state index >= 15 is 0 Å². The largest absolute Gasteiger partial charge is 0.384 e. The van der Waals surface area contributed by atoms with Crippen molar-refractivity contribution in [1.82, 2.24) is 9.78 Å². The number of rotatable bonds is 2. The van der Waals surface area contributed by atoms with Crippen LogP contribution in [0, 0.1) is 18.8 Å². The van der Waals surface area contributed by atoms with Gasteiger partial charge < -0.3 is 5.11 Å². The molecule has 0 radical (unpaired) electrons. The van der Waals surface area contributed by atoms with E-state index in [2.05, 4.69) is 16.9 Å². The first-order valence-corrected chi connectivity index (χ1v) is 5.47. The molecule has 0 bridgehead atoms. The lowest BCUT2D eigenvalue weighted by Crippen LogP contribution is -2.05. The van der Waals surface area contributed by atoms with Crippen molar-refractivity contribution in [3.05, 3.63) is 53.3 Å². The van der Waals surface area contributed by atoms with E-state index in [4.69, 9.17) is 5.11 Å². The average molecular weight is 226 g/mol. The van der Waals surface area contributed by atoms with E-state index in [-0.39, 0.29) is 6.61 Å². The van der Waals surface area contributed by atoms with Gasteiger partial charge in [0.2, 0.25) is 0 Å². The van der Waals surface area contributed by atoms with Crippen LogP contribution in [0.15, 0.2) is 36.5 Å². The molecule has 0 aliphatic rings. The second-order valence-corrected chi connectivity index (χ2v) is 3.75. The van der Waals surface area contributed by atoms with E-state index in [9.17, 15) is 0 Å². The number of aliphatic hydroxyl groups excluding tert-OH is 1. The van der Waals surface area contributed by atoms with Crippen LogP contribution in [0.4, 0.5) is 0 Å². The highest BCUT2D eigenvalue weighted by molar-refractivity contribution is 5.41. The third kappa shape index (κ3) is 2.74. The zero-order valence-electron chi connectivity index (χ0n) is 9.72. The lowest BCUT2D eigenvalue weighted by atomic mass is 10.1. The number of aromatic nitrogens is 2. The Morgan fingerprint density at radius 2 is 2.12 bits per heavy atom. The number of aliphatic hydroxyl groups is 1. The minimum atomic E-state index is -0.116.